The number of fused-ring (bicyclic) bond motifs is 1. The predicted molar refractivity (Wildman–Crippen MR) is 95.8 cm³/mol. The van der Waals surface area contributed by atoms with Crippen LogP contribution in [-0.4, -0.2) is 22.4 Å². The van der Waals surface area contributed by atoms with Crippen molar-refractivity contribution in [1.29, 1.82) is 0 Å². The van der Waals surface area contributed by atoms with Crippen LogP contribution in [0.15, 0.2) is 47.4 Å². The number of carbonyl (C=O) groups excluding carboxylic acids is 1. The van der Waals surface area contributed by atoms with Crippen molar-refractivity contribution in [3.63, 3.8) is 0 Å². The van der Waals surface area contributed by atoms with Gasteiger partial charge in [-0.05, 0) is 37.4 Å². The van der Waals surface area contributed by atoms with Crippen LogP contribution in [0.4, 0.5) is 5.69 Å². The number of carbonyl (C=O) groups is 1. The molecule has 0 unspecified atom stereocenters. The molecule has 4 nitrogen and oxygen atoms in total. The molecule has 1 aromatic heterocycles. The molecule has 5 heteroatoms. The van der Waals surface area contributed by atoms with E-state index >= 15 is 0 Å². The van der Waals surface area contributed by atoms with Crippen molar-refractivity contribution in [2.75, 3.05) is 11.6 Å². The number of rotatable bonds is 3. The van der Waals surface area contributed by atoms with Crippen LogP contribution >= 0.6 is 11.8 Å². The Kier molecular flexibility index (Phi) is 4.30. The van der Waals surface area contributed by atoms with Crippen molar-refractivity contribution in [3.8, 4) is 11.3 Å². The minimum atomic E-state index is -0.0806. The third-order valence-corrected chi connectivity index (χ3v) is 4.38. The highest BCUT2D eigenvalue weighted by molar-refractivity contribution is 7.98. The van der Waals surface area contributed by atoms with E-state index in [0.717, 1.165) is 33.4 Å². The number of amides is 1. The van der Waals surface area contributed by atoms with Crippen molar-refractivity contribution < 1.29 is 4.79 Å². The van der Waals surface area contributed by atoms with Crippen LogP contribution in [0.25, 0.3) is 22.0 Å². The number of thioether (sulfide) groups is 1. The van der Waals surface area contributed by atoms with Gasteiger partial charge in [0.1, 0.15) is 5.69 Å². The van der Waals surface area contributed by atoms with Crippen LogP contribution in [0.2, 0.25) is 0 Å². The zero-order valence-electron chi connectivity index (χ0n) is 13.3. The molecule has 0 spiro atoms. The smallest absolute Gasteiger partial charge is 0.221 e. The Labute approximate surface area is 139 Å². The molecule has 0 radical (unpaired) electrons. The number of aryl methyl sites for hydroxylation is 1. The van der Waals surface area contributed by atoms with Crippen molar-refractivity contribution in [2.24, 2.45) is 0 Å². The van der Waals surface area contributed by atoms with E-state index in [1.807, 2.05) is 31.2 Å². The van der Waals surface area contributed by atoms with Gasteiger partial charge in [0.2, 0.25) is 5.91 Å². The molecule has 0 bridgehead atoms. The highest BCUT2D eigenvalue weighted by Crippen LogP contribution is 2.31. The zero-order valence-corrected chi connectivity index (χ0v) is 14.1. The summed E-state index contributed by atoms with van der Waals surface area (Å²) in [4.78, 5) is 12.3. The fourth-order valence-corrected chi connectivity index (χ4v) is 2.96. The van der Waals surface area contributed by atoms with Gasteiger partial charge in [-0.1, -0.05) is 18.2 Å². The summed E-state index contributed by atoms with van der Waals surface area (Å²) < 4.78 is 0. The molecule has 2 aromatic carbocycles. The van der Waals surface area contributed by atoms with Gasteiger partial charge in [0.05, 0.1) is 5.69 Å². The highest BCUT2D eigenvalue weighted by Gasteiger charge is 2.10. The summed E-state index contributed by atoms with van der Waals surface area (Å²) in [5.74, 6) is -0.0806. The van der Waals surface area contributed by atoms with Crippen LogP contribution in [-0.2, 0) is 4.79 Å². The lowest BCUT2D eigenvalue weighted by molar-refractivity contribution is -0.114. The van der Waals surface area contributed by atoms with Gasteiger partial charge < -0.3 is 5.32 Å². The average Bonchev–Trinajstić information content (AvgIpc) is 2.55. The maximum Gasteiger partial charge on any atom is 0.221 e. The Bertz CT molecular complexity index is 875. The first kappa shape index (κ1) is 15.5. The maximum absolute atomic E-state index is 11.1. The van der Waals surface area contributed by atoms with Gasteiger partial charge in [-0.15, -0.1) is 16.9 Å². The van der Waals surface area contributed by atoms with Gasteiger partial charge in [0.15, 0.2) is 0 Å². The largest absolute Gasteiger partial charge is 0.326 e. The Morgan fingerprint density at radius 3 is 2.43 bits per heavy atom. The van der Waals surface area contributed by atoms with Gasteiger partial charge in [-0.3, -0.25) is 4.79 Å². The van der Waals surface area contributed by atoms with Crippen LogP contribution in [0.1, 0.15) is 12.6 Å². The molecule has 3 rings (SSSR count). The van der Waals surface area contributed by atoms with Gasteiger partial charge in [-0.25, -0.2) is 0 Å². The summed E-state index contributed by atoms with van der Waals surface area (Å²) in [6.07, 6.45) is 2.06. The quantitative estimate of drug-likeness (QED) is 0.731. The normalized spacial score (nSPS) is 10.7. The minimum absolute atomic E-state index is 0.0806. The Balaban J connectivity index is 2.11. The fourth-order valence-electron chi connectivity index (χ4n) is 2.52. The van der Waals surface area contributed by atoms with Crippen LogP contribution < -0.4 is 5.32 Å². The standard InChI is InChI=1S/C18H17N3OS/c1-11-16-9-8-15(23-3)10-17(16)18(21-20-11)13-4-6-14(7-5-13)19-12(2)22/h4-10H,1-3H3,(H,19,22). The second-order valence-electron chi connectivity index (χ2n) is 5.30. The lowest BCUT2D eigenvalue weighted by Gasteiger charge is -2.09. The summed E-state index contributed by atoms with van der Waals surface area (Å²) in [7, 11) is 0. The first-order valence-corrected chi connectivity index (χ1v) is 8.50. The second kappa shape index (κ2) is 6.38. The van der Waals surface area contributed by atoms with E-state index < -0.39 is 0 Å². The Morgan fingerprint density at radius 1 is 1.04 bits per heavy atom. The number of nitrogens with zero attached hydrogens (tertiary/aromatic N) is 2. The first-order chi connectivity index (χ1) is 11.1. The molecule has 1 amide bonds. The third kappa shape index (κ3) is 3.19. The van der Waals surface area contributed by atoms with Crippen LogP contribution in [0.3, 0.4) is 0 Å². The Hall–Kier alpha value is -2.40. The molecule has 0 aliphatic rings. The maximum atomic E-state index is 11.1. The van der Waals surface area contributed by atoms with E-state index in [4.69, 9.17) is 0 Å². The SMILES string of the molecule is CSc1ccc2c(C)nnc(-c3ccc(NC(C)=O)cc3)c2c1. The molecule has 3 aromatic rings. The van der Waals surface area contributed by atoms with Crippen molar-refractivity contribution >= 4 is 34.1 Å². The van der Waals surface area contributed by atoms with E-state index in [1.165, 1.54) is 11.8 Å². The summed E-state index contributed by atoms with van der Waals surface area (Å²) in [5, 5.41) is 13.7. The summed E-state index contributed by atoms with van der Waals surface area (Å²) >= 11 is 1.71. The topological polar surface area (TPSA) is 54.9 Å². The molecular weight excluding hydrogens is 306 g/mol. The molecule has 0 fully saturated rings. The molecule has 23 heavy (non-hydrogen) atoms. The number of benzene rings is 2. The van der Waals surface area contributed by atoms with Gasteiger partial charge in [0.25, 0.3) is 0 Å². The number of anilines is 1. The minimum Gasteiger partial charge on any atom is -0.326 e. The molecule has 116 valence electrons. The number of hydrogen-bond donors (Lipinski definition) is 1. The first-order valence-electron chi connectivity index (χ1n) is 7.27. The van der Waals surface area contributed by atoms with Crippen molar-refractivity contribution in [1.82, 2.24) is 10.2 Å². The van der Waals surface area contributed by atoms with Gasteiger partial charge in [-0.2, -0.15) is 5.10 Å². The zero-order chi connectivity index (χ0) is 16.4. The molecule has 1 heterocycles. The van der Waals surface area contributed by atoms with Crippen LogP contribution in [0, 0.1) is 6.92 Å². The second-order valence-corrected chi connectivity index (χ2v) is 6.18. The van der Waals surface area contributed by atoms with Gasteiger partial charge in [0, 0.05) is 33.8 Å². The van der Waals surface area contributed by atoms with Crippen LogP contribution in [0.5, 0.6) is 0 Å². The molecule has 0 saturated heterocycles. The number of hydrogen-bond acceptors (Lipinski definition) is 4. The fraction of sp³-hybridized carbons (Fsp3) is 0.167. The summed E-state index contributed by atoms with van der Waals surface area (Å²) in [6, 6.07) is 14.0. The molecule has 0 aliphatic carbocycles. The molecule has 0 aliphatic heterocycles. The predicted octanol–water partition coefficient (Wildman–Crippen LogP) is 4.29. The van der Waals surface area contributed by atoms with Crippen molar-refractivity contribution in [3.05, 3.63) is 48.2 Å². The Morgan fingerprint density at radius 2 is 1.78 bits per heavy atom. The molecule has 1 N–H and O–H groups in total. The molecule has 0 saturated carbocycles. The van der Waals surface area contributed by atoms with E-state index in [9.17, 15) is 4.79 Å². The van der Waals surface area contributed by atoms with E-state index in [-0.39, 0.29) is 5.91 Å². The lowest BCUT2D eigenvalue weighted by atomic mass is 10.0. The molecule has 0 atom stereocenters. The average molecular weight is 323 g/mol. The monoisotopic (exact) mass is 323 g/mol. The van der Waals surface area contributed by atoms with E-state index in [0.29, 0.717) is 0 Å². The van der Waals surface area contributed by atoms with Gasteiger partial charge >= 0.3 is 0 Å². The lowest BCUT2D eigenvalue weighted by Crippen LogP contribution is -2.05. The summed E-state index contributed by atoms with van der Waals surface area (Å²) in [5.41, 5.74) is 3.53. The number of aromatic nitrogens is 2. The number of nitrogens with one attached hydrogen (secondary N) is 1. The van der Waals surface area contributed by atoms with Crippen molar-refractivity contribution in [2.45, 2.75) is 18.7 Å². The highest BCUT2D eigenvalue weighted by atomic mass is 32.2. The van der Waals surface area contributed by atoms with E-state index in [1.54, 1.807) is 11.8 Å². The summed E-state index contributed by atoms with van der Waals surface area (Å²) in [6.45, 7) is 3.47. The molecular formula is C18H17N3OS. The van der Waals surface area contributed by atoms with E-state index in [2.05, 4.69) is 40.0 Å². The third-order valence-electron chi connectivity index (χ3n) is 3.65.